The highest BCUT2D eigenvalue weighted by molar-refractivity contribution is 5.93. The summed E-state index contributed by atoms with van der Waals surface area (Å²) >= 11 is 0. The standard InChI is InChI=1S/C23H26N4O/c1-4-27(16-18-11-7-5-8-12-18)21-15-20(23(28)24-17(2)3)25-22(26-21)19-13-9-6-10-14-19/h5-15,17H,4,16H2,1-3H3,(H,24,28). The molecular formula is C23H26N4O. The van der Waals surface area contributed by atoms with E-state index in [0.717, 1.165) is 17.9 Å². The van der Waals surface area contributed by atoms with E-state index in [1.54, 1.807) is 6.07 Å². The summed E-state index contributed by atoms with van der Waals surface area (Å²) in [6, 6.07) is 21.8. The predicted octanol–water partition coefficient (Wildman–Crippen LogP) is 4.31. The SMILES string of the molecule is CCN(Cc1ccccc1)c1cc(C(=O)NC(C)C)nc(-c2ccccc2)n1. The summed E-state index contributed by atoms with van der Waals surface area (Å²) in [5.74, 6) is 1.11. The van der Waals surface area contributed by atoms with Crippen LogP contribution in [-0.2, 0) is 6.54 Å². The summed E-state index contributed by atoms with van der Waals surface area (Å²) in [7, 11) is 0. The molecule has 0 spiro atoms. The second-order valence-corrected chi connectivity index (χ2v) is 6.93. The van der Waals surface area contributed by atoms with Crippen molar-refractivity contribution in [3.8, 4) is 11.4 Å². The number of rotatable bonds is 7. The number of nitrogens with zero attached hydrogens (tertiary/aromatic N) is 3. The number of benzene rings is 2. The zero-order chi connectivity index (χ0) is 19.9. The van der Waals surface area contributed by atoms with Gasteiger partial charge in [-0.3, -0.25) is 4.79 Å². The maximum Gasteiger partial charge on any atom is 0.270 e. The van der Waals surface area contributed by atoms with Gasteiger partial charge in [-0.25, -0.2) is 9.97 Å². The molecule has 1 N–H and O–H groups in total. The number of hydrogen-bond donors (Lipinski definition) is 1. The Morgan fingerprint density at radius 2 is 1.64 bits per heavy atom. The van der Waals surface area contributed by atoms with Crippen molar-refractivity contribution >= 4 is 11.7 Å². The Morgan fingerprint density at radius 3 is 2.25 bits per heavy atom. The Kier molecular flexibility index (Phi) is 6.37. The number of carbonyl (C=O) groups is 1. The maximum atomic E-state index is 12.6. The fraction of sp³-hybridized carbons (Fsp3) is 0.261. The van der Waals surface area contributed by atoms with Gasteiger partial charge in [0.25, 0.3) is 5.91 Å². The van der Waals surface area contributed by atoms with Gasteiger partial charge in [0, 0.05) is 30.8 Å². The van der Waals surface area contributed by atoms with E-state index >= 15 is 0 Å². The molecule has 2 aromatic carbocycles. The van der Waals surface area contributed by atoms with Crippen LogP contribution in [0.1, 0.15) is 36.8 Å². The van der Waals surface area contributed by atoms with Gasteiger partial charge in [0.05, 0.1) is 0 Å². The van der Waals surface area contributed by atoms with Crippen LogP contribution in [0, 0.1) is 0 Å². The van der Waals surface area contributed by atoms with Crippen molar-refractivity contribution in [1.29, 1.82) is 0 Å². The number of anilines is 1. The van der Waals surface area contributed by atoms with Gasteiger partial charge in [-0.2, -0.15) is 0 Å². The van der Waals surface area contributed by atoms with Gasteiger partial charge in [-0.1, -0.05) is 60.7 Å². The Bertz CT molecular complexity index is 910. The molecule has 3 aromatic rings. The summed E-state index contributed by atoms with van der Waals surface area (Å²) in [4.78, 5) is 24.1. The first kappa shape index (κ1) is 19.5. The molecule has 0 aliphatic heterocycles. The lowest BCUT2D eigenvalue weighted by atomic mass is 10.2. The number of nitrogens with one attached hydrogen (secondary N) is 1. The number of amides is 1. The first-order valence-electron chi connectivity index (χ1n) is 9.61. The van der Waals surface area contributed by atoms with Crippen molar-refractivity contribution < 1.29 is 4.79 Å². The van der Waals surface area contributed by atoms with Crippen molar-refractivity contribution in [2.24, 2.45) is 0 Å². The highest BCUT2D eigenvalue weighted by atomic mass is 16.1. The smallest absolute Gasteiger partial charge is 0.270 e. The van der Waals surface area contributed by atoms with Gasteiger partial charge in [0.2, 0.25) is 0 Å². The van der Waals surface area contributed by atoms with E-state index < -0.39 is 0 Å². The van der Waals surface area contributed by atoms with Crippen LogP contribution in [0.4, 0.5) is 5.82 Å². The summed E-state index contributed by atoms with van der Waals surface area (Å²) < 4.78 is 0. The van der Waals surface area contributed by atoms with E-state index in [1.165, 1.54) is 5.56 Å². The highest BCUT2D eigenvalue weighted by Gasteiger charge is 2.17. The van der Waals surface area contributed by atoms with Crippen LogP contribution in [0.5, 0.6) is 0 Å². The Labute approximate surface area is 166 Å². The van der Waals surface area contributed by atoms with E-state index in [0.29, 0.717) is 18.1 Å². The van der Waals surface area contributed by atoms with Gasteiger partial charge in [0.15, 0.2) is 5.82 Å². The summed E-state index contributed by atoms with van der Waals surface area (Å²) in [5, 5.41) is 2.92. The molecule has 0 radical (unpaired) electrons. The fourth-order valence-electron chi connectivity index (χ4n) is 2.92. The minimum Gasteiger partial charge on any atom is -0.352 e. The van der Waals surface area contributed by atoms with Crippen molar-refractivity contribution in [2.45, 2.75) is 33.4 Å². The molecule has 28 heavy (non-hydrogen) atoms. The maximum absolute atomic E-state index is 12.6. The number of aromatic nitrogens is 2. The molecule has 5 nitrogen and oxygen atoms in total. The molecule has 0 aliphatic rings. The first-order chi connectivity index (χ1) is 13.6. The van der Waals surface area contributed by atoms with Gasteiger partial charge in [-0.15, -0.1) is 0 Å². The van der Waals surface area contributed by atoms with Crippen LogP contribution < -0.4 is 10.2 Å². The molecule has 1 amide bonds. The van der Waals surface area contributed by atoms with E-state index in [2.05, 4.69) is 34.3 Å². The molecule has 3 rings (SSSR count). The second-order valence-electron chi connectivity index (χ2n) is 6.93. The number of hydrogen-bond acceptors (Lipinski definition) is 4. The first-order valence-corrected chi connectivity index (χ1v) is 9.61. The monoisotopic (exact) mass is 374 g/mol. The van der Waals surface area contributed by atoms with Gasteiger partial charge in [0.1, 0.15) is 11.5 Å². The van der Waals surface area contributed by atoms with Crippen molar-refractivity contribution in [1.82, 2.24) is 15.3 Å². The Morgan fingerprint density at radius 1 is 1.00 bits per heavy atom. The molecule has 1 heterocycles. The molecule has 1 aromatic heterocycles. The molecule has 0 saturated carbocycles. The van der Waals surface area contributed by atoms with E-state index in [9.17, 15) is 4.79 Å². The Hall–Kier alpha value is -3.21. The third-order valence-corrected chi connectivity index (χ3v) is 4.32. The summed E-state index contributed by atoms with van der Waals surface area (Å²) in [6.45, 7) is 7.44. The zero-order valence-electron chi connectivity index (χ0n) is 16.6. The van der Waals surface area contributed by atoms with E-state index in [-0.39, 0.29) is 11.9 Å². The summed E-state index contributed by atoms with van der Waals surface area (Å²) in [5.41, 5.74) is 2.46. The van der Waals surface area contributed by atoms with Gasteiger partial charge >= 0.3 is 0 Å². The quantitative estimate of drug-likeness (QED) is 0.669. The molecule has 0 atom stereocenters. The summed E-state index contributed by atoms with van der Waals surface area (Å²) in [6.07, 6.45) is 0. The normalized spacial score (nSPS) is 10.7. The van der Waals surface area contributed by atoms with Crippen molar-refractivity contribution in [3.05, 3.63) is 78.0 Å². The average molecular weight is 374 g/mol. The topological polar surface area (TPSA) is 58.1 Å². The lowest BCUT2D eigenvalue weighted by Crippen LogP contribution is -2.31. The highest BCUT2D eigenvalue weighted by Crippen LogP contribution is 2.22. The molecular weight excluding hydrogens is 348 g/mol. The minimum atomic E-state index is -0.188. The lowest BCUT2D eigenvalue weighted by molar-refractivity contribution is 0.0938. The predicted molar refractivity (Wildman–Crippen MR) is 113 cm³/mol. The molecule has 144 valence electrons. The van der Waals surface area contributed by atoms with Crippen LogP contribution in [0.15, 0.2) is 66.7 Å². The molecule has 0 unspecified atom stereocenters. The minimum absolute atomic E-state index is 0.0395. The molecule has 0 aliphatic carbocycles. The van der Waals surface area contributed by atoms with Crippen molar-refractivity contribution in [3.63, 3.8) is 0 Å². The Balaban J connectivity index is 2.01. The van der Waals surface area contributed by atoms with Crippen molar-refractivity contribution in [2.75, 3.05) is 11.4 Å². The third-order valence-electron chi connectivity index (χ3n) is 4.32. The van der Waals surface area contributed by atoms with Crippen LogP contribution in [0.3, 0.4) is 0 Å². The average Bonchev–Trinajstić information content (AvgIpc) is 2.72. The molecule has 0 fully saturated rings. The second kappa shape index (κ2) is 9.13. The third kappa shape index (κ3) is 4.94. The molecule has 0 bridgehead atoms. The van der Waals surface area contributed by atoms with Crippen LogP contribution in [0.2, 0.25) is 0 Å². The van der Waals surface area contributed by atoms with Crippen LogP contribution in [-0.4, -0.2) is 28.5 Å². The van der Waals surface area contributed by atoms with Gasteiger partial charge in [-0.05, 0) is 26.3 Å². The number of carbonyl (C=O) groups excluding carboxylic acids is 1. The largest absolute Gasteiger partial charge is 0.352 e. The lowest BCUT2D eigenvalue weighted by Gasteiger charge is -2.23. The zero-order valence-corrected chi connectivity index (χ0v) is 16.6. The van der Waals surface area contributed by atoms with Crippen LogP contribution >= 0.6 is 0 Å². The van der Waals surface area contributed by atoms with E-state index in [1.807, 2.05) is 62.4 Å². The molecule has 0 saturated heterocycles. The van der Waals surface area contributed by atoms with E-state index in [4.69, 9.17) is 4.98 Å². The van der Waals surface area contributed by atoms with Gasteiger partial charge < -0.3 is 10.2 Å². The van der Waals surface area contributed by atoms with Crippen LogP contribution in [0.25, 0.3) is 11.4 Å². The molecule has 5 heteroatoms. The fourth-order valence-corrected chi connectivity index (χ4v) is 2.92.